The van der Waals surface area contributed by atoms with Crippen molar-refractivity contribution in [1.82, 2.24) is 19.9 Å². The van der Waals surface area contributed by atoms with Gasteiger partial charge in [-0.05, 0) is 30.2 Å². The molecule has 0 spiro atoms. The summed E-state index contributed by atoms with van der Waals surface area (Å²) in [4.78, 5) is 27.3. The summed E-state index contributed by atoms with van der Waals surface area (Å²) in [7, 11) is 0. The lowest BCUT2D eigenvalue weighted by Gasteiger charge is -2.32. The first-order valence-electron chi connectivity index (χ1n) is 9.13. The van der Waals surface area contributed by atoms with Gasteiger partial charge in [0.1, 0.15) is 0 Å². The molecule has 2 aromatic carbocycles. The van der Waals surface area contributed by atoms with E-state index in [1.54, 1.807) is 6.33 Å². The molecule has 0 radical (unpaired) electrons. The van der Waals surface area contributed by atoms with E-state index >= 15 is 0 Å². The number of amides is 1. The molecule has 6 nitrogen and oxygen atoms in total. The first-order chi connectivity index (χ1) is 13.6. The van der Waals surface area contributed by atoms with Crippen LogP contribution in [-0.4, -0.2) is 32.3 Å². The molecule has 0 saturated carbocycles. The molecule has 1 aliphatic rings. The third-order valence-corrected chi connectivity index (χ3v) is 6.10. The van der Waals surface area contributed by atoms with Crippen molar-refractivity contribution in [3.63, 3.8) is 0 Å². The van der Waals surface area contributed by atoms with Crippen molar-refractivity contribution in [2.24, 2.45) is 0 Å². The number of benzene rings is 2. The molecule has 7 heteroatoms. The van der Waals surface area contributed by atoms with Crippen LogP contribution >= 0.6 is 11.3 Å². The fourth-order valence-corrected chi connectivity index (χ4v) is 4.80. The van der Waals surface area contributed by atoms with Crippen LogP contribution in [0.1, 0.15) is 38.8 Å². The Morgan fingerprint density at radius 2 is 2.11 bits per heavy atom. The number of carbonyl (C=O) groups excluding carboxylic acids is 1. The molecule has 0 fully saturated rings. The molecule has 1 amide bonds. The zero-order valence-corrected chi connectivity index (χ0v) is 16.2. The number of hydrogen-bond acceptors (Lipinski definition) is 5. The largest absolute Gasteiger partial charge is 0.375 e. The topological polar surface area (TPSA) is 87.9 Å². The molecule has 28 heavy (non-hydrogen) atoms. The minimum absolute atomic E-state index is 0.0122. The summed E-state index contributed by atoms with van der Waals surface area (Å²) in [6.45, 7) is 3.09. The Hall–Kier alpha value is -3.19. The van der Waals surface area contributed by atoms with Crippen molar-refractivity contribution in [3.05, 3.63) is 76.9 Å². The molecule has 0 bridgehead atoms. The number of carbonyl (C=O) groups is 1. The quantitative estimate of drug-likeness (QED) is 0.547. The Morgan fingerprint density at radius 3 is 2.93 bits per heavy atom. The lowest BCUT2D eigenvalue weighted by molar-refractivity contribution is 0.0722. The summed E-state index contributed by atoms with van der Waals surface area (Å²) in [6, 6.07) is 14.0. The van der Waals surface area contributed by atoms with Crippen LogP contribution in [0.25, 0.3) is 10.2 Å². The molecule has 3 heterocycles. The monoisotopic (exact) mass is 389 g/mol. The van der Waals surface area contributed by atoms with Crippen molar-refractivity contribution in [2.45, 2.75) is 19.4 Å². The van der Waals surface area contributed by atoms with Crippen LogP contribution in [0, 0.1) is 6.92 Å². The van der Waals surface area contributed by atoms with Gasteiger partial charge < -0.3 is 15.6 Å². The van der Waals surface area contributed by atoms with Gasteiger partial charge in [-0.2, -0.15) is 0 Å². The summed E-state index contributed by atoms with van der Waals surface area (Å²) < 4.78 is 0.944. The number of anilines is 1. The van der Waals surface area contributed by atoms with Crippen LogP contribution in [0.15, 0.2) is 48.8 Å². The van der Waals surface area contributed by atoms with E-state index in [1.165, 1.54) is 11.3 Å². The van der Waals surface area contributed by atoms with E-state index in [0.29, 0.717) is 23.8 Å². The van der Waals surface area contributed by atoms with Crippen LogP contribution in [-0.2, 0) is 6.54 Å². The van der Waals surface area contributed by atoms with Gasteiger partial charge in [0, 0.05) is 18.0 Å². The average molecular weight is 389 g/mol. The number of nitrogen functional groups attached to an aromatic ring is 1. The van der Waals surface area contributed by atoms with Crippen molar-refractivity contribution in [3.8, 4) is 0 Å². The highest BCUT2D eigenvalue weighted by molar-refractivity contribution is 7.22. The smallest absolute Gasteiger partial charge is 0.254 e. The zero-order valence-electron chi connectivity index (χ0n) is 15.3. The second kappa shape index (κ2) is 6.45. The van der Waals surface area contributed by atoms with E-state index < -0.39 is 0 Å². The normalized spacial score (nSPS) is 16.3. The number of aromatic nitrogens is 3. The maximum atomic E-state index is 13.4. The van der Waals surface area contributed by atoms with Crippen molar-refractivity contribution in [2.75, 3.05) is 12.3 Å². The number of aryl methyl sites for hydroxylation is 1. The van der Waals surface area contributed by atoms with Gasteiger partial charge >= 0.3 is 0 Å². The van der Waals surface area contributed by atoms with Gasteiger partial charge in [0.05, 0.1) is 34.5 Å². The van der Waals surface area contributed by atoms with E-state index in [9.17, 15) is 4.79 Å². The van der Waals surface area contributed by atoms with Gasteiger partial charge in [0.25, 0.3) is 5.91 Å². The second-order valence-electron chi connectivity index (χ2n) is 7.11. The highest BCUT2D eigenvalue weighted by atomic mass is 32.1. The maximum absolute atomic E-state index is 13.4. The van der Waals surface area contributed by atoms with Crippen LogP contribution in [0.5, 0.6) is 0 Å². The zero-order chi connectivity index (χ0) is 19.3. The van der Waals surface area contributed by atoms with Crippen LogP contribution in [0.3, 0.4) is 0 Å². The Morgan fingerprint density at radius 1 is 1.29 bits per heavy atom. The summed E-state index contributed by atoms with van der Waals surface area (Å²) in [6.07, 6.45) is 1.71. The van der Waals surface area contributed by atoms with Crippen molar-refractivity contribution < 1.29 is 4.79 Å². The SMILES string of the molecule is Cc1cc(C(=O)N2Cc3[nH]cnc3C(c3ccccc3)C2)cc2sc(N)nc12. The predicted molar refractivity (Wildman–Crippen MR) is 110 cm³/mol. The lowest BCUT2D eigenvalue weighted by atomic mass is 9.90. The molecule has 2 aromatic heterocycles. The van der Waals surface area contributed by atoms with E-state index in [1.807, 2.05) is 42.2 Å². The molecule has 5 rings (SSSR count). The van der Waals surface area contributed by atoms with Gasteiger partial charge in [-0.15, -0.1) is 0 Å². The van der Waals surface area contributed by atoms with Crippen molar-refractivity contribution >= 4 is 32.6 Å². The summed E-state index contributed by atoms with van der Waals surface area (Å²) in [5.41, 5.74) is 11.5. The first kappa shape index (κ1) is 16.9. The van der Waals surface area contributed by atoms with Gasteiger partial charge in [-0.1, -0.05) is 41.7 Å². The summed E-state index contributed by atoms with van der Waals surface area (Å²) in [5, 5.41) is 0.520. The number of H-pyrrole nitrogens is 1. The maximum Gasteiger partial charge on any atom is 0.254 e. The van der Waals surface area contributed by atoms with E-state index in [4.69, 9.17) is 5.73 Å². The Labute approximate surface area is 166 Å². The highest BCUT2D eigenvalue weighted by Gasteiger charge is 2.32. The average Bonchev–Trinajstić information content (AvgIpc) is 3.33. The van der Waals surface area contributed by atoms with Crippen LogP contribution in [0.4, 0.5) is 5.13 Å². The second-order valence-corrected chi connectivity index (χ2v) is 8.17. The number of nitrogens with zero attached hydrogens (tertiary/aromatic N) is 3. The fraction of sp³-hybridized carbons (Fsp3) is 0.190. The van der Waals surface area contributed by atoms with Gasteiger partial charge in [-0.25, -0.2) is 9.97 Å². The third-order valence-electron chi connectivity index (χ3n) is 5.27. The highest BCUT2D eigenvalue weighted by Crippen LogP contribution is 2.33. The Kier molecular flexibility index (Phi) is 3.91. The van der Waals surface area contributed by atoms with E-state index in [2.05, 4.69) is 27.1 Å². The summed E-state index contributed by atoms with van der Waals surface area (Å²) in [5.74, 6) is 0.0715. The Balaban J connectivity index is 1.52. The molecule has 1 atom stereocenters. The molecule has 1 aliphatic heterocycles. The molecule has 4 aromatic rings. The number of nitrogens with two attached hydrogens (primary N) is 1. The number of aromatic amines is 1. The molecular formula is C21H19N5OS. The number of imidazole rings is 1. The minimum atomic E-state index is 0.0122. The first-order valence-corrected chi connectivity index (χ1v) is 9.95. The number of rotatable bonds is 2. The summed E-state index contributed by atoms with van der Waals surface area (Å²) >= 11 is 1.41. The van der Waals surface area contributed by atoms with E-state index in [0.717, 1.165) is 32.7 Å². The number of thiazole rings is 1. The molecule has 140 valence electrons. The van der Waals surface area contributed by atoms with Crippen LogP contribution < -0.4 is 5.73 Å². The minimum Gasteiger partial charge on any atom is -0.375 e. The molecule has 1 unspecified atom stereocenters. The van der Waals surface area contributed by atoms with Crippen molar-refractivity contribution in [1.29, 1.82) is 0 Å². The molecule has 0 aliphatic carbocycles. The third kappa shape index (κ3) is 2.75. The molecule has 3 N–H and O–H groups in total. The fourth-order valence-electron chi connectivity index (χ4n) is 3.94. The number of fused-ring (bicyclic) bond motifs is 2. The lowest BCUT2D eigenvalue weighted by Crippen LogP contribution is -2.38. The van der Waals surface area contributed by atoms with Gasteiger partial charge in [-0.3, -0.25) is 4.79 Å². The van der Waals surface area contributed by atoms with E-state index in [-0.39, 0.29) is 11.8 Å². The predicted octanol–water partition coefficient (Wildman–Crippen LogP) is 3.70. The van der Waals surface area contributed by atoms with Gasteiger partial charge in [0.2, 0.25) is 0 Å². The number of hydrogen-bond donors (Lipinski definition) is 2. The van der Waals surface area contributed by atoms with Crippen LogP contribution in [0.2, 0.25) is 0 Å². The molecule has 0 saturated heterocycles. The standard InChI is InChI=1S/C21H19N5OS/c1-12-7-14(8-17-18(12)25-21(22)28-17)20(27)26-9-15(13-5-3-2-4-6-13)19-16(10-26)23-11-24-19/h2-8,11,15H,9-10H2,1H3,(H2,22,25)(H,23,24). The molecular weight excluding hydrogens is 370 g/mol. The Bertz CT molecular complexity index is 1180. The van der Waals surface area contributed by atoms with Gasteiger partial charge in [0.15, 0.2) is 5.13 Å². The number of nitrogens with one attached hydrogen (secondary N) is 1.